The average Bonchev–Trinajstić information content (AvgIpc) is 3.55. The average molecular weight is 513 g/mol. The van der Waals surface area contributed by atoms with Crippen molar-refractivity contribution < 1.29 is 20.1 Å². The van der Waals surface area contributed by atoms with Crippen LogP contribution in [0.5, 0.6) is 0 Å². The molecule has 1 saturated heterocycles. The molecule has 0 amide bonds. The quantitative estimate of drug-likeness (QED) is 0.423. The predicted molar refractivity (Wildman–Crippen MR) is 148 cm³/mol. The first kappa shape index (κ1) is 24.7. The number of nitrogens with one attached hydrogen (secondary N) is 1. The van der Waals surface area contributed by atoms with Gasteiger partial charge in [0.25, 0.3) is 0 Å². The fraction of sp³-hybridized carbons (Fsp3) is 0.367. The van der Waals surface area contributed by atoms with Gasteiger partial charge < -0.3 is 25.4 Å². The zero-order chi connectivity index (χ0) is 26.9. The van der Waals surface area contributed by atoms with Crippen molar-refractivity contribution in [2.45, 2.75) is 65.5 Å². The summed E-state index contributed by atoms with van der Waals surface area (Å²) in [6, 6.07) is 0. The molecule has 0 radical (unpaired) electrons. The van der Waals surface area contributed by atoms with Gasteiger partial charge in [-0.3, -0.25) is 0 Å². The van der Waals surface area contributed by atoms with Crippen molar-refractivity contribution >= 4 is 17.1 Å². The summed E-state index contributed by atoms with van der Waals surface area (Å²) >= 11 is 0. The van der Waals surface area contributed by atoms with Crippen LogP contribution in [0.2, 0.25) is 0 Å². The second-order valence-corrected chi connectivity index (χ2v) is 11.0. The van der Waals surface area contributed by atoms with E-state index in [1.54, 1.807) is 13.0 Å². The van der Waals surface area contributed by atoms with Crippen LogP contribution in [0, 0.1) is 5.41 Å². The summed E-state index contributed by atoms with van der Waals surface area (Å²) in [5.74, 6) is 0.0414. The highest BCUT2D eigenvalue weighted by Gasteiger charge is 2.54. The minimum Gasteiger partial charge on any atom is -0.509 e. The number of fused-ring (bicyclic) bond motifs is 5. The van der Waals surface area contributed by atoms with Gasteiger partial charge in [0, 0.05) is 12.1 Å². The Morgan fingerprint density at radius 3 is 2.21 bits per heavy atom. The summed E-state index contributed by atoms with van der Waals surface area (Å²) in [6.45, 7) is 9.66. The first-order valence-corrected chi connectivity index (χ1v) is 12.9. The van der Waals surface area contributed by atoms with Gasteiger partial charge in [-0.1, -0.05) is 0 Å². The highest BCUT2D eigenvalue weighted by Crippen LogP contribution is 2.48. The highest BCUT2D eigenvalue weighted by molar-refractivity contribution is 6.14. The van der Waals surface area contributed by atoms with E-state index in [-0.39, 0.29) is 12.2 Å². The molecular weight excluding hydrogens is 480 g/mol. The Bertz CT molecular complexity index is 1490. The summed E-state index contributed by atoms with van der Waals surface area (Å²) in [5, 5.41) is 36.3. The monoisotopic (exact) mass is 512 g/mol. The molecule has 8 nitrogen and oxygen atoms in total. The van der Waals surface area contributed by atoms with Crippen LogP contribution in [-0.4, -0.2) is 56.9 Å². The van der Waals surface area contributed by atoms with Crippen LogP contribution in [0.15, 0.2) is 108 Å². The SMILES string of the molecule is CC1=CC2=NC1=CC1=NC(=CC3=C(O)C(C)([C@H]4O[C@H](C)[C@H](O)C[C@H]4O)C(=CC4=NC(=C2)C(C)=C4)N3)C=C1C. The maximum absolute atomic E-state index is 11.7. The molecule has 1 fully saturated rings. The third kappa shape index (κ3) is 3.91. The van der Waals surface area contributed by atoms with Gasteiger partial charge in [0.1, 0.15) is 11.9 Å². The molecule has 38 heavy (non-hydrogen) atoms. The molecule has 6 heterocycles. The largest absolute Gasteiger partial charge is 0.509 e. The molecule has 196 valence electrons. The predicted octanol–water partition coefficient (Wildman–Crippen LogP) is 4.02. The summed E-state index contributed by atoms with van der Waals surface area (Å²) in [4.78, 5) is 14.4. The molecule has 8 heteroatoms. The standard InChI is InChI=1S/C30H32N4O4/c1-14-8-20-11-27-30(5,29-26(36)13-25(35)17(4)38-29)28(37)24(34-27)10-19-7-16(3)23(32-19)12-22-15(2)6-18(31-22)9-21(14)33-20/h6-12,17,25-26,29,34-37H,13H2,1-5H3/t17-,25-,26-,29+,30?/m1/s1. The summed E-state index contributed by atoms with van der Waals surface area (Å²) in [6.07, 6.45) is 10.7. The lowest BCUT2D eigenvalue weighted by Gasteiger charge is -2.44. The van der Waals surface area contributed by atoms with Crippen LogP contribution in [0.25, 0.3) is 0 Å². The Balaban J connectivity index is 1.54. The van der Waals surface area contributed by atoms with Crippen molar-refractivity contribution in [3.63, 3.8) is 0 Å². The van der Waals surface area contributed by atoms with E-state index in [1.165, 1.54) is 0 Å². The van der Waals surface area contributed by atoms with Gasteiger partial charge >= 0.3 is 0 Å². The lowest BCUT2D eigenvalue weighted by atomic mass is 9.75. The smallest absolute Gasteiger partial charge is 0.130 e. The van der Waals surface area contributed by atoms with Crippen molar-refractivity contribution in [1.29, 1.82) is 0 Å². The lowest BCUT2D eigenvalue weighted by molar-refractivity contribution is -0.189. The Labute approximate surface area is 222 Å². The number of aliphatic hydroxyl groups is 3. The van der Waals surface area contributed by atoms with Crippen molar-refractivity contribution in [3.05, 3.63) is 93.5 Å². The van der Waals surface area contributed by atoms with E-state index in [9.17, 15) is 15.3 Å². The molecule has 6 aliphatic rings. The van der Waals surface area contributed by atoms with E-state index in [1.807, 2.05) is 64.2 Å². The van der Waals surface area contributed by atoms with Crippen molar-refractivity contribution in [2.75, 3.05) is 0 Å². The summed E-state index contributed by atoms with van der Waals surface area (Å²) in [7, 11) is 0. The highest BCUT2D eigenvalue weighted by atomic mass is 16.5. The lowest BCUT2D eigenvalue weighted by Crippen LogP contribution is -2.54. The van der Waals surface area contributed by atoms with Crippen molar-refractivity contribution in [2.24, 2.45) is 20.4 Å². The van der Waals surface area contributed by atoms with Crippen LogP contribution >= 0.6 is 0 Å². The van der Waals surface area contributed by atoms with E-state index in [4.69, 9.17) is 19.7 Å². The van der Waals surface area contributed by atoms with Crippen molar-refractivity contribution in [3.8, 4) is 0 Å². The molecule has 6 aliphatic heterocycles. The normalized spacial score (nSPS) is 34.3. The van der Waals surface area contributed by atoms with Crippen molar-refractivity contribution in [1.82, 2.24) is 5.32 Å². The molecule has 0 aliphatic carbocycles. The maximum atomic E-state index is 11.7. The van der Waals surface area contributed by atoms with Gasteiger partial charge in [0.05, 0.1) is 63.7 Å². The summed E-state index contributed by atoms with van der Waals surface area (Å²) < 4.78 is 6.13. The molecular formula is C30H32N4O4. The van der Waals surface area contributed by atoms with Gasteiger partial charge in [0.2, 0.25) is 0 Å². The third-order valence-electron chi connectivity index (χ3n) is 8.08. The Morgan fingerprint density at radius 2 is 1.50 bits per heavy atom. The zero-order valence-electron chi connectivity index (χ0n) is 22.1. The third-order valence-corrected chi connectivity index (χ3v) is 8.08. The number of ether oxygens (including phenoxy) is 1. The first-order chi connectivity index (χ1) is 18.0. The van der Waals surface area contributed by atoms with Gasteiger partial charge in [-0.25, -0.2) is 15.0 Å². The molecule has 0 spiro atoms. The van der Waals surface area contributed by atoms with E-state index >= 15 is 0 Å². The minimum atomic E-state index is -1.11. The molecule has 0 aromatic rings. The molecule has 5 atom stereocenters. The van der Waals surface area contributed by atoms with Crippen LogP contribution in [0.3, 0.4) is 0 Å². The number of allylic oxidation sites excluding steroid dienone is 10. The topological polar surface area (TPSA) is 119 Å². The number of aliphatic imine (C=N–C) groups is 3. The summed E-state index contributed by atoms with van der Waals surface area (Å²) in [5.41, 5.74) is 7.77. The second kappa shape index (κ2) is 8.73. The molecule has 6 rings (SSSR count). The van der Waals surface area contributed by atoms with Crippen LogP contribution in [-0.2, 0) is 4.74 Å². The van der Waals surface area contributed by atoms with Gasteiger partial charge in [0.15, 0.2) is 0 Å². The number of hydrogen-bond acceptors (Lipinski definition) is 8. The minimum absolute atomic E-state index is 0.0414. The molecule has 0 aromatic carbocycles. The van der Waals surface area contributed by atoms with E-state index in [0.717, 1.165) is 39.5 Å². The number of rotatable bonds is 1. The maximum Gasteiger partial charge on any atom is 0.130 e. The second-order valence-electron chi connectivity index (χ2n) is 11.0. The molecule has 0 aromatic heterocycles. The van der Waals surface area contributed by atoms with Gasteiger partial charge in [-0.15, -0.1) is 0 Å². The Kier molecular flexibility index (Phi) is 5.68. The van der Waals surface area contributed by atoms with Gasteiger partial charge in [-0.2, -0.15) is 0 Å². The molecule has 1 unspecified atom stereocenters. The van der Waals surface area contributed by atoms with E-state index < -0.39 is 29.8 Å². The Hall–Kier alpha value is -3.59. The first-order valence-electron chi connectivity index (χ1n) is 12.9. The van der Waals surface area contributed by atoms with Crippen LogP contribution in [0.1, 0.15) is 41.0 Å². The van der Waals surface area contributed by atoms with Crippen LogP contribution in [0.4, 0.5) is 0 Å². The number of hydrogen-bond donors (Lipinski definition) is 4. The Morgan fingerprint density at radius 1 is 0.842 bits per heavy atom. The number of nitrogens with zero attached hydrogens (tertiary/aromatic N) is 3. The number of aliphatic hydroxyl groups excluding tert-OH is 3. The zero-order valence-corrected chi connectivity index (χ0v) is 22.1. The molecule has 4 N–H and O–H groups in total. The molecule has 8 bridgehead atoms. The fourth-order valence-electron chi connectivity index (χ4n) is 5.71. The van der Waals surface area contributed by atoms with Gasteiger partial charge in [-0.05, 0) is 93.9 Å². The fourth-order valence-corrected chi connectivity index (χ4v) is 5.71. The van der Waals surface area contributed by atoms with Crippen LogP contribution < -0.4 is 5.32 Å². The molecule has 0 saturated carbocycles. The van der Waals surface area contributed by atoms with E-state index in [0.29, 0.717) is 22.8 Å². The van der Waals surface area contributed by atoms with E-state index in [2.05, 4.69) is 5.32 Å².